The van der Waals surface area contributed by atoms with Gasteiger partial charge in [-0.1, -0.05) is 11.6 Å². The number of hydrogen-bond acceptors (Lipinski definition) is 1. The van der Waals surface area contributed by atoms with E-state index in [0.717, 1.165) is 11.8 Å². The van der Waals surface area contributed by atoms with Crippen LogP contribution in [-0.2, 0) is 0 Å². The zero-order valence-corrected chi connectivity index (χ0v) is 7.96. The van der Waals surface area contributed by atoms with Gasteiger partial charge in [0.15, 0.2) is 0 Å². The Hall–Kier alpha value is -0.300. The summed E-state index contributed by atoms with van der Waals surface area (Å²) in [5.41, 5.74) is 1.61. The van der Waals surface area contributed by atoms with Crippen molar-refractivity contribution >= 4 is 0 Å². The van der Waals surface area contributed by atoms with E-state index in [-0.39, 0.29) is 6.10 Å². The molecule has 2 bridgehead atoms. The van der Waals surface area contributed by atoms with Gasteiger partial charge in [-0.05, 0) is 50.9 Å². The topological polar surface area (TPSA) is 20.2 Å². The number of aliphatic hydroxyl groups excluding tert-OH is 1. The van der Waals surface area contributed by atoms with E-state index >= 15 is 0 Å². The summed E-state index contributed by atoms with van der Waals surface area (Å²) in [6.07, 6.45) is 6.08. The van der Waals surface area contributed by atoms with Gasteiger partial charge in [0.25, 0.3) is 0 Å². The molecule has 4 unspecified atom stereocenters. The third-order valence-corrected chi connectivity index (χ3v) is 3.70. The molecule has 1 heteroatoms. The Kier molecular flexibility index (Phi) is 1.99. The molecule has 0 aromatic rings. The van der Waals surface area contributed by atoms with E-state index in [2.05, 4.69) is 13.0 Å². The van der Waals surface area contributed by atoms with Crippen molar-refractivity contribution in [3.05, 3.63) is 11.6 Å². The Morgan fingerprint density at radius 2 is 2.25 bits per heavy atom. The molecule has 4 atom stereocenters. The Labute approximate surface area is 74.5 Å². The highest BCUT2D eigenvalue weighted by Gasteiger charge is 2.43. The van der Waals surface area contributed by atoms with Crippen molar-refractivity contribution in [3.63, 3.8) is 0 Å². The summed E-state index contributed by atoms with van der Waals surface area (Å²) in [5.74, 6) is 2.18. The molecule has 2 aliphatic carbocycles. The van der Waals surface area contributed by atoms with Gasteiger partial charge in [-0.15, -0.1) is 0 Å². The molecule has 0 amide bonds. The van der Waals surface area contributed by atoms with Crippen LogP contribution in [0.15, 0.2) is 11.6 Å². The van der Waals surface area contributed by atoms with Crippen molar-refractivity contribution in [2.45, 2.75) is 39.2 Å². The summed E-state index contributed by atoms with van der Waals surface area (Å²) in [6.45, 7) is 4.08. The molecule has 2 saturated carbocycles. The molecule has 0 radical (unpaired) electrons. The van der Waals surface area contributed by atoms with Crippen molar-refractivity contribution < 1.29 is 5.11 Å². The summed E-state index contributed by atoms with van der Waals surface area (Å²) in [4.78, 5) is 0. The SMILES string of the molecule is CC=C1CC2CC1C(C(C)O)C2. The molecule has 0 aliphatic heterocycles. The van der Waals surface area contributed by atoms with Gasteiger partial charge in [-0.3, -0.25) is 0 Å². The number of fused-ring (bicyclic) bond motifs is 2. The van der Waals surface area contributed by atoms with E-state index in [1.54, 1.807) is 5.57 Å². The molecule has 0 heterocycles. The maximum atomic E-state index is 9.56. The fourth-order valence-corrected chi connectivity index (χ4v) is 3.12. The van der Waals surface area contributed by atoms with Crippen molar-refractivity contribution in [2.75, 3.05) is 0 Å². The second-order valence-electron chi connectivity index (χ2n) is 4.42. The van der Waals surface area contributed by atoms with E-state index in [1.807, 2.05) is 6.92 Å². The van der Waals surface area contributed by atoms with Gasteiger partial charge < -0.3 is 5.11 Å². The van der Waals surface area contributed by atoms with E-state index < -0.39 is 0 Å². The predicted octanol–water partition coefficient (Wildman–Crippen LogP) is 2.36. The maximum Gasteiger partial charge on any atom is 0.0546 e. The third kappa shape index (κ3) is 1.11. The smallest absolute Gasteiger partial charge is 0.0546 e. The molecule has 0 saturated heterocycles. The van der Waals surface area contributed by atoms with Crippen molar-refractivity contribution in [2.24, 2.45) is 17.8 Å². The van der Waals surface area contributed by atoms with Crippen LogP contribution < -0.4 is 0 Å². The number of hydrogen-bond donors (Lipinski definition) is 1. The Morgan fingerprint density at radius 3 is 2.75 bits per heavy atom. The summed E-state index contributed by atoms with van der Waals surface area (Å²) in [7, 11) is 0. The minimum Gasteiger partial charge on any atom is -0.393 e. The van der Waals surface area contributed by atoms with Crippen LogP contribution in [0, 0.1) is 17.8 Å². The Balaban J connectivity index is 2.14. The molecule has 12 heavy (non-hydrogen) atoms. The van der Waals surface area contributed by atoms with E-state index in [1.165, 1.54) is 19.3 Å². The van der Waals surface area contributed by atoms with Gasteiger partial charge in [0.05, 0.1) is 6.10 Å². The monoisotopic (exact) mass is 166 g/mol. The molecular formula is C11H18O. The summed E-state index contributed by atoms with van der Waals surface area (Å²) in [5, 5.41) is 9.56. The minimum atomic E-state index is -0.102. The minimum absolute atomic E-state index is 0.102. The fraction of sp³-hybridized carbons (Fsp3) is 0.818. The third-order valence-electron chi connectivity index (χ3n) is 3.70. The van der Waals surface area contributed by atoms with Crippen LogP contribution >= 0.6 is 0 Å². The quantitative estimate of drug-likeness (QED) is 0.593. The zero-order valence-electron chi connectivity index (χ0n) is 7.96. The standard InChI is InChI=1S/C11H18O/c1-3-9-4-8-5-10(7(2)12)11(9)6-8/h3,7-8,10-12H,4-6H2,1-2H3. The second-order valence-corrected chi connectivity index (χ2v) is 4.42. The van der Waals surface area contributed by atoms with E-state index in [9.17, 15) is 5.11 Å². The lowest BCUT2D eigenvalue weighted by Gasteiger charge is -2.26. The van der Waals surface area contributed by atoms with Crippen LogP contribution in [0.2, 0.25) is 0 Å². The summed E-state index contributed by atoms with van der Waals surface area (Å²) < 4.78 is 0. The normalized spacial score (nSPS) is 45.6. The summed E-state index contributed by atoms with van der Waals surface area (Å²) in [6, 6.07) is 0. The van der Waals surface area contributed by atoms with Crippen LogP contribution in [0.1, 0.15) is 33.1 Å². The average Bonchev–Trinajstić information content (AvgIpc) is 2.60. The first-order valence-corrected chi connectivity index (χ1v) is 5.05. The number of aliphatic hydroxyl groups is 1. The highest BCUT2D eigenvalue weighted by Crippen LogP contribution is 2.52. The van der Waals surface area contributed by atoms with Crippen molar-refractivity contribution in [1.82, 2.24) is 0 Å². The van der Waals surface area contributed by atoms with Gasteiger partial charge in [0.1, 0.15) is 0 Å². The van der Waals surface area contributed by atoms with Crippen LogP contribution in [0.3, 0.4) is 0 Å². The van der Waals surface area contributed by atoms with Gasteiger partial charge >= 0.3 is 0 Å². The van der Waals surface area contributed by atoms with Gasteiger partial charge in [-0.2, -0.15) is 0 Å². The first-order valence-electron chi connectivity index (χ1n) is 5.05. The molecule has 1 nitrogen and oxygen atoms in total. The van der Waals surface area contributed by atoms with Crippen molar-refractivity contribution in [1.29, 1.82) is 0 Å². The van der Waals surface area contributed by atoms with Crippen LogP contribution in [-0.4, -0.2) is 11.2 Å². The molecule has 0 aromatic heterocycles. The highest BCUT2D eigenvalue weighted by atomic mass is 16.3. The molecule has 2 aliphatic rings. The van der Waals surface area contributed by atoms with Gasteiger partial charge in [0, 0.05) is 0 Å². The molecule has 0 spiro atoms. The largest absolute Gasteiger partial charge is 0.393 e. The van der Waals surface area contributed by atoms with Gasteiger partial charge in [0.2, 0.25) is 0 Å². The second kappa shape index (κ2) is 2.88. The lowest BCUT2D eigenvalue weighted by molar-refractivity contribution is 0.104. The molecule has 0 aromatic carbocycles. The Morgan fingerprint density at radius 1 is 1.50 bits per heavy atom. The molecule has 2 rings (SSSR count). The summed E-state index contributed by atoms with van der Waals surface area (Å²) >= 11 is 0. The first-order chi connectivity index (χ1) is 5.72. The zero-order chi connectivity index (χ0) is 8.72. The van der Waals surface area contributed by atoms with E-state index in [0.29, 0.717) is 5.92 Å². The predicted molar refractivity (Wildman–Crippen MR) is 49.8 cm³/mol. The maximum absolute atomic E-state index is 9.56. The van der Waals surface area contributed by atoms with Crippen LogP contribution in [0.4, 0.5) is 0 Å². The molecule has 68 valence electrons. The highest BCUT2D eigenvalue weighted by molar-refractivity contribution is 5.18. The van der Waals surface area contributed by atoms with Crippen LogP contribution in [0.25, 0.3) is 0 Å². The molecule has 2 fully saturated rings. The van der Waals surface area contributed by atoms with Gasteiger partial charge in [-0.25, -0.2) is 0 Å². The van der Waals surface area contributed by atoms with Crippen LogP contribution in [0.5, 0.6) is 0 Å². The number of allylic oxidation sites excluding steroid dienone is 2. The molecule has 1 N–H and O–H groups in total. The first kappa shape index (κ1) is 8.31. The number of rotatable bonds is 1. The fourth-order valence-electron chi connectivity index (χ4n) is 3.12. The molecular weight excluding hydrogens is 148 g/mol. The lowest BCUT2D eigenvalue weighted by Crippen LogP contribution is -2.23. The van der Waals surface area contributed by atoms with Crippen molar-refractivity contribution in [3.8, 4) is 0 Å². The lowest BCUT2D eigenvalue weighted by atomic mass is 9.82. The average molecular weight is 166 g/mol. The van der Waals surface area contributed by atoms with E-state index in [4.69, 9.17) is 0 Å². The Bertz CT molecular complexity index is 205.